The van der Waals surface area contributed by atoms with Crippen molar-refractivity contribution in [3.05, 3.63) is 65.5 Å². The molecule has 0 unspecified atom stereocenters. The van der Waals surface area contributed by atoms with Crippen molar-refractivity contribution in [2.24, 2.45) is 0 Å². The molecule has 2 aromatic rings. The Morgan fingerprint density at radius 3 is 2.33 bits per heavy atom. The van der Waals surface area contributed by atoms with Crippen molar-refractivity contribution < 1.29 is 14.0 Å². The molecular formula is C24H31FN2O2S. The standard InChI is InChI=1S/C24H31FN2O2S/c1-4-6-15-26-24(29)22(5-2)27(16-19-9-11-20(25)12-10-19)23(28)17-30-21-13-7-18(3)8-14-21/h7-14,22H,4-6,15-17H2,1-3H3,(H,26,29)/t22-/m0/s1. The molecule has 0 heterocycles. The number of carbonyl (C=O) groups is 2. The lowest BCUT2D eigenvalue weighted by Crippen LogP contribution is -2.49. The number of nitrogens with one attached hydrogen (secondary N) is 1. The zero-order chi connectivity index (χ0) is 21.9. The first-order chi connectivity index (χ1) is 14.4. The summed E-state index contributed by atoms with van der Waals surface area (Å²) in [5.74, 6) is -0.330. The summed E-state index contributed by atoms with van der Waals surface area (Å²) in [6.07, 6.45) is 2.40. The first-order valence-electron chi connectivity index (χ1n) is 10.5. The Hall–Kier alpha value is -2.34. The van der Waals surface area contributed by atoms with Gasteiger partial charge >= 0.3 is 0 Å². The molecule has 0 aromatic heterocycles. The Labute approximate surface area is 183 Å². The molecule has 0 fully saturated rings. The maximum absolute atomic E-state index is 13.3. The van der Waals surface area contributed by atoms with E-state index in [1.54, 1.807) is 17.0 Å². The summed E-state index contributed by atoms with van der Waals surface area (Å²) < 4.78 is 13.3. The molecule has 0 radical (unpaired) electrons. The lowest BCUT2D eigenvalue weighted by Gasteiger charge is -2.30. The van der Waals surface area contributed by atoms with Crippen LogP contribution in [0.3, 0.4) is 0 Å². The number of hydrogen-bond acceptors (Lipinski definition) is 3. The number of hydrogen-bond donors (Lipinski definition) is 1. The minimum atomic E-state index is -0.557. The summed E-state index contributed by atoms with van der Waals surface area (Å²) in [7, 11) is 0. The van der Waals surface area contributed by atoms with Gasteiger partial charge in [-0.3, -0.25) is 9.59 Å². The maximum atomic E-state index is 13.3. The van der Waals surface area contributed by atoms with E-state index in [1.807, 2.05) is 38.1 Å². The minimum absolute atomic E-state index is 0.109. The summed E-state index contributed by atoms with van der Waals surface area (Å²) in [5.41, 5.74) is 1.96. The normalized spacial score (nSPS) is 11.7. The van der Waals surface area contributed by atoms with Crippen LogP contribution in [0.4, 0.5) is 4.39 Å². The number of halogens is 1. The van der Waals surface area contributed by atoms with Crippen LogP contribution in [0.1, 0.15) is 44.2 Å². The Balaban J connectivity index is 2.15. The van der Waals surface area contributed by atoms with E-state index >= 15 is 0 Å². The van der Waals surface area contributed by atoms with Crippen LogP contribution >= 0.6 is 11.8 Å². The van der Waals surface area contributed by atoms with Crippen molar-refractivity contribution in [2.45, 2.75) is 57.5 Å². The van der Waals surface area contributed by atoms with Crippen LogP contribution in [0, 0.1) is 12.7 Å². The number of aryl methyl sites for hydroxylation is 1. The molecular weight excluding hydrogens is 399 g/mol. The van der Waals surface area contributed by atoms with E-state index in [2.05, 4.69) is 12.2 Å². The van der Waals surface area contributed by atoms with Gasteiger partial charge in [-0.15, -0.1) is 11.8 Å². The van der Waals surface area contributed by atoms with Gasteiger partial charge in [-0.2, -0.15) is 0 Å². The van der Waals surface area contributed by atoms with Crippen LogP contribution in [-0.2, 0) is 16.1 Å². The molecule has 2 aromatic carbocycles. The highest BCUT2D eigenvalue weighted by atomic mass is 32.2. The first kappa shape index (κ1) is 23.9. The second-order valence-corrected chi connectivity index (χ2v) is 8.37. The molecule has 2 amide bonds. The van der Waals surface area contributed by atoms with Crippen LogP contribution in [-0.4, -0.2) is 35.1 Å². The summed E-state index contributed by atoms with van der Waals surface area (Å²) in [6.45, 7) is 6.86. The fraction of sp³-hybridized carbons (Fsp3) is 0.417. The second kappa shape index (κ2) is 12.4. The van der Waals surface area contributed by atoms with Crippen LogP contribution < -0.4 is 5.32 Å². The van der Waals surface area contributed by atoms with E-state index in [4.69, 9.17) is 0 Å². The molecule has 6 heteroatoms. The molecule has 0 aliphatic heterocycles. The highest BCUT2D eigenvalue weighted by molar-refractivity contribution is 8.00. The van der Waals surface area contributed by atoms with Gasteiger partial charge in [-0.25, -0.2) is 4.39 Å². The number of nitrogens with zero attached hydrogens (tertiary/aromatic N) is 1. The number of benzene rings is 2. The zero-order valence-corrected chi connectivity index (χ0v) is 18.8. The van der Waals surface area contributed by atoms with Gasteiger partial charge in [0, 0.05) is 18.0 Å². The molecule has 1 atom stereocenters. The predicted octanol–water partition coefficient (Wildman–Crippen LogP) is 4.95. The van der Waals surface area contributed by atoms with Crippen LogP contribution in [0.25, 0.3) is 0 Å². The van der Waals surface area contributed by atoms with Crippen molar-refractivity contribution in [2.75, 3.05) is 12.3 Å². The molecule has 2 rings (SSSR count). The molecule has 162 valence electrons. The average Bonchev–Trinajstić information content (AvgIpc) is 2.74. The van der Waals surface area contributed by atoms with Gasteiger partial charge in [0.2, 0.25) is 11.8 Å². The lowest BCUT2D eigenvalue weighted by atomic mass is 10.1. The molecule has 0 saturated heterocycles. The topological polar surface area (TPSA) is 49.4 Å². The summed E-state index contributed by atoms with van der Waals surface area (Å²) in [5, 5.41) is 2.95. The third-order valence-corrected chi connectivity index (χ3v) is 5.86. The van der Waals surface area contributed by atoms with Crippen LogP contribution in [0.2, 0.25) is 0 Å². The molecule has 30 heavy (non-hydrogen) atoms. The summed E-state index contributed by atoms with van der Waals surface area (Å²) in [4.78, 5) is 28.6. The van der Waals surface area contributed by atoms with Gasteiger partial charge in [0.25, 0.3) is 0 Å². The highest BCUT2D eigenvalue weighted by Gasteiger charge is 2.28. The highest BCUT2D eigenvalue weighted by Crippen LogP contribution is 2.21. The third kappa shape index (κ3) is 7.48. The second-order valence-electron chi connectivity index (χ2n) is 7.32. The Kier molecular flexibility index (Phi) is 9.87. The number of unbranched alkanes of at least 4 members (excludes halogenated alkanes) is 1. The minimum Gasteiger partial charge on any atom is -0.354 e. The fourth-order valence-electron chi connectivity index (χ4n) is 3.07. The molecule has 0 bridgehead atoms. The molecule has 4 nitrogen and oxygen atoms in total. The predicted molar refractivity (Wildman–Crippen MR) is 121 cm³/mol. The van der Waals surface area contributed by atoms with Gasteiger partial charge in [-0.05, 0) is 49.6 Å². The monoisotopic (exact) mass is 430 g/mol. The van der Waals surface area contributed by atoms with Gasteiger partial charge in [0.05, 0.1) is 5.75 Å². The molecule has 0 saturated carbocycles. The van der Waals surface area contributed by atoms with Crippen molar-refractivity contribution in [3.8, 4) is 0 Å². The molecule has 0 aliphatic rings. The van der Waals surface area contributed by atoms with E-state index in [0.29, 0.717) is 13.0 Å². The van der Waals surface area contributed by atoms with E-state index < -0.39 is 6.04 Å². The zero-order valence-electron chi connectivity index (χ0n) is 18.0. The summed E-state index contributed by atoms with van der Waals surface area (Å²) >= 11 is 1.46. The lowest BCUT2D eigenvalue weighted by molar-refractivity contribution is -0.139. The average molecular weight is 431 g/mol. The quantitative estimate of drug-likeness (QED) is 0.405. The Morgan fingerprint density at radius 1 is 1.07 bits per heavy atom. The van der Waals surface area contributed by atoms with Gasteiger partial charge in [0.1, 0.15) is 11.9 Å². The number of amides is 2. The van der Waals surface area contributed by atoms with E-state index in [-0.39, 0.29) is 29.9 Å². The largest absolute Gasteiger partial charge is 0.354 e. The third-order valence-electron chi connectivity index (χ3n) is 4.86. The van der Waals surface area contributed by atoms with Crippen molar-refractivity contribution >= 4 is 23.6 Å². The van der Waals surface area contributed by atoms with E-state index in [0.717, 1.165) is 23.3 Å². The van der Waals surface area contributed by atoms with Crippen molar-refractivity contribution in [3.63, 3.8) is 0 Å². The molecule has 1 N–H and O–H groups in total. The number of carbonyl (C=O) groups excluding carboxylic acids is 2. The number of rotatable bonds is 11. The van der Waals surface area contributed by atoms with E-state index in [9.17, 15) is 14.0 Å². The van der Waals surface area contributed by atoms with E-state index in [1.165, 1.54) is 29.5 Å². The van der Waals surface area contributed by atoms with Gasteiger partial charge < -0.3 is 10.2 Å². The Morgan fingerprint density at radius 2 is 1.73 bits per heavy atom. The number of thioether (sulfide) groups is 1. The Bertz CT molecular complexity index is 809. The van der Waals surface area contributed by atoms with Crippen LogP contribution in [0.15, 0.2) is 53.4 Å². The van der Waals surface area contributed by atoms with Crippen LogP contribution in [0.5, 0.6) is 0 Å². The molecule has 0 spiro atoms. The maximum Gasteiger partial charge on any atom is 0.242 e. The van der Waals surface area contributed by atoms with Crippen molar-refractivity contribution in [1.29, 1.82) is 0 Å². The van der Waals surface area contributed by atoms with Gasteiger partial charge in [-0.1, -0.05) is 50.1 Å². The molecule has 0 aliphatic carbocycles. The fourth-order valence-corrected chi connectivity index (χ4v) is 3.86. The van der Waals surface area contributed by atoms with Gasteiger partial charge in [0.15, 0.2) is 0 Å². The smallest absolute Gasteiger partial charge is 0.242 e. The summed E-state index contributed by atoms with van der Waals surface area (Å²) in [6, 6.07) is 13.5. The van der Waals surface area contributed by atoms with Crippen molar-refractivity contribution in [1.82, 2.24) is 10.2 Å². The first-order valence-corrected chi connectivity index (χ1v) is 11.4. The SMILES string of the molecule is CCCCNC(=O)[C@H](CC)N(Cc1ccc(F)cc1)C(=O)CSc1ccc(C)cc1.